The first kappa shape index (κ1) is 7.37. The third-order valence-corrected chi connectivity index (χ3v) is 2.96. The van der Waals surface area contributed by atoms with Crippen LogP contribution in [0.2, 0.25) is 0 Å². The fourth-order valence-electron chi connectivity index (χ4n) is 2.07. The van der Waals surface area contributed by atoms with E-state index >= 15 is 0 Å². The molecule has 0 N–H and O–H groups in total. The average molecular weight is 168 g/mol. The second kappa shape index (κ2) is 1.57. The number of hydrogen-bond donors (Lipinski definition) is 0. The smallest absolute Gasteiger partial charge is 0.237 e. The summed E-state index contributed by atoms with van der Waals surface area (Å²) in [5.41, 5.74) is -5.08. The third kappa shape index (κ3) is 0.576. The molecule has 0 unspecified atom stereocenters. The molecule has 2 saturated carbocycles. The van der Waals surface area contributed by atoms with E-state index in [-0.39, 0.29) is 25.7 Å². The zero-order chi connectivity index (χ0) is 8.33. The summed E-state index contributed by atoms with van der Waals surface area (Å²) >= 11 is 0. The summed E-state index contributed by atoms with van der Waals surface area (Å²) in [6, 6.07) is 0. The lowest BCUT2D eigenvalue weighted by Crippen LogP contribution is -2.43. The number of fused-ring (bicyclic) bond motifs is 2. The third-order valence-electron chi connectivity index (χ3n) is 2.96. The van der Waals surface area contributed by atoms with Crippen LogP contribution in [0.3, 0.4) is 0 Å². The van der Waals surface area contributed by atoms with Crippen molar-refractivity contribution < 1.29 is 17.6 Å². The highest BCUT2D eigenvalue weighted by Crippen LogP contribution is 2.64. The van der Waals surface area contributed by atoms with Crippen LogP contribution in [0.1, 0.15) is 25.7 Å². The van der Waals surface area contributed by atoms with Crippen molar-refractivity contribution in [2.75, 3.05) is 0 Å². The van der Waals surface area contributed by atoms with Crippen molar-refractivity contribution in [3.63, 3.8) is 0 Å². The fraction of sp³-hybridized carbons (Fsp3) is 1.00. The molecule has 2 fully saturated rings. The van der Waals surface area contributed by atoms with Crippen molar-refractivity contribution in [1.29, 1.82) is 0 Å². The highest BCUT2D eigenvalue weighted by atomic mass is 19.3. The van der Waals surface area contributed by atoms with E-state index < -0.39 is 17.3 Å². The molecule has 4 heteroatoms. The molecule has 0 radical (unpaired) electrons. The zero-order valence-electron chi connectivity index (χ0n) is 5.84. The molecule has 0 nitrogen and oxygen atoms in total. The summed E-state index contributed by atoms with van der Waals surface area (Å²) in [6.45, 7) is 0. The maximum atomic E-state index is 13.1. The summed E-state index contributed by atoms with van der Waals surface area (Å²) in [7, 11) is 0. The molecule has 11 heavy (non-hydrogen) atoms. The maximum Gasteiger partial charge on any atom is 0.314 e. The predicted molar refractivity (Wildman–Crippen MR) is 31.1 cm³/mol. The van der Waals surface area contributed by atoms with Gasteiger partial charge < -0.3 is 0 Å². The van der Waals surface area contributed by atoms with Gasteiger partial charge >= 0.3 is 5.92 Å². The van der Waals surface area contributed by atoms with Crippen LogP contribution < -0.4 is 0 Å². The van der Waals surface area contributed by atoms with Crippen molar-refractivity contribution in [3.05, 3.63) is 0 Å². The van der Waals surface area contributed by atoms with Crippen molar-refractivity contribution >= 4 is 0 Å². The van der Waals surface area contributed by atoms with E-state index in [0.717, 1.165) is 0 Å². The summed E-state index contributed by atoms with van der Waals surface area (Å²) < 4.78 is 51.9. The van der Waals surface area contributed by atoms with Gasteiger partial charge in [-0.1, -0.05) is 0 Å². The first-order chi connectivity index (χ1) is 4.91. The second-order valence-electron chi connectivity index (χ2n) is 3.51. The molecular weight excluding hydrogens is 160 g/mol. The molecule has 2 aliphatic carbocycles. The Morgan fingerprint density at radius 3 is 1.00 bits per heavy atom. The Balaban J connectivity index is 2.46. The van der Waals surface area contributed by atoms with Crippen LogP contribution >= 0.6 is 0 Å². The Hall–Kier alpha value is -0.280. The molecule has 0 aliphatic heterocycles. The van der Waals surface area contributed by atoms with Crippen LogP contribution in [0.4, 0.5) is 17.6 Å². The summed E-state index contributed by atoms with van der Waals surface area (Å²) in [6.07, 6.45) is -1.29. The lowest BCUT2D eigenvalue weighted by atomic mass is 9.97. The van der Waals surface area contributed by atoms with E-state index in [1.807, 2.05) is 0 Å². The van der Waals surface area contributed by atoms with Gasteiger partial charge in [-0.15, -0.1) is 0 Å². The Morgan fingerprint density at radius 1 is 0.636 bits per heavy atom. The number of hydrogen-bond acceptors (Lipinski definition) is 0. The molecule has 0 aromatic carbocycles. The van der Waals surface area contributed by atoms with E-state index in [2.05, 4.69) is 0 Å². The molecule has 0 amide bonds. The SMILES string of the molecule is FC12CCC(F)(CC1)C2(F)F. The van der Waals surface area contributed by atoms with Gasteiger partial charge in [-0.3, -0.25) is 0 Å². The highest BCUT2D eigenvalue weighted by molar-refractivity contribution is 5.19. The molecule has 64 valence electrons. The standard InChI is InChI=1S/C7H8F4/c8-5-1-2-6(9,4-3-5)7(5,10)11/h1-4H2. The Kier molecular flexibility index (Phi) is 1.05. The fourth-order valence-corrected chi connectivity index (χ4v) is 2.07. The van der Waals surface area contributed by atoms with Crippen molar-refractivity contribution in [2.45, 2.75) is 42.9 Å². The van der Waals surface area contributed by atoms with Gasteiger partial charge in [0.1, 0.15) is 0 Å². The summed E-state index contributed by atoms with van der Waals surface area (Å²) in [4.78, 5) is 0. The van der Waals surface area contributed by atoms with E-state index in [9.17, 15) is 17.6 Å². The molecule has 0 atom stereocenters. The monoisotopic (exact) mass is 168 g/mol. The van der Waals surface area contributed by atoms with E-state index in [1.54, 1.807) is 0 Å². The Morgan fingerprint density at radius 2 is 0.909 bits per heavy atom. The molecule has 0 spiro atoms. The van der Waals surface area contributed by atoms with Crippen LogP contribution in [0.25, 0.3) is 0 Å². The predicted octanol–water partition coefficient (Wildman–Crippen LogP) is 2.63. The largest absolute Gasteiger partial charge is 0.314 e. The number of rotatable bonds is 0. The molecule has 2 bridgehead atoms. The summed E-state index contributed by atoms with van der Waals surface area (Å²) in [5, 5.41) is 0. The van der Waals surface area contributed by atoms with Crippen LogP contribution in [0.5, 0.6) is 0 Å². The molecule has 2 aliphatic rings. The summed E-state index contributed by atoms with van der Waals surface area (Å²) in [5.74, 6) is -3.74. The first-order valence-corrected chi connectivity index (χ1v) is 3.67. The second-order valence-corrected chi connectivity index (χ2v) is 3.51. The van der Waals surface area contributed by atoms with Gasteiger partial charge in [-0.05, 0) is 25.7 Å². The molecule has 0 aromatic rings. The van der Waals surface area contributed by atoms with Gasteiger partial charge in [-0.2, -0.15) is 8.78 Å². The molecule has 2 rings (SSSR count). The quantitative estimate of drug-likeness (QED) is 0.488. The molecule has 0 heterocycles. The maximum absolute atomic E-state index is 13.1. The number of alkyl halides is 4. The van der Waals surface area contributed by atoms with Crippen molar-refractivity contribution in [3.8, 4) is 0 Å². The minimum absolute atomic E-state index is 0.323. The topological polar surface area (TPSA) is 0 Å². The van der Waals surface area contributed by atoms with Gasteiger partial charge in [0, 0.05) is 0 Å². The van der Waals surface area contributed by atoms with Gasteiger partial charge in [0.2, 0.25) is 0 Å². The van der Waals surface area contributed by atoms with Gasteiger partial charge in [0.15, 0.2) is 11.3 Å². The van der Waals surface area contributed by atoms with Crippen molar-refractivity contribution in [2.24, 2.45) is 0 Å². The molecule has 0 aromatic heterocycles. The molecule has 0 saturated heterocycles. The van der Waals surface area contributed by atoms with E-state index in [0.29, 0.717) is 0 Å². The van der Waals surface area contributed by atoms with E-state index in [4.69, 9.17) is 0 Å². The Labute approximate surface area is 61.6 Å². The lowest BCUT2D eigenvalue weighted by molar-refractivity contribution is -0.151. The first-order valence-electron chi connectivity index (χ1n) is 3.67. The van der Waals surface area contributed by atoms with Crippen LogP contribution in [-0.2, 0) is 0 Å². The minimum Gasteiger partial charge on any atom is -0.237 e. The number of halogens is 4. The highest BCUT2D eigenvalue weighted by Gasteiger charge is 2.77. The van der Waals surface area contributed by atoms with Crippen LogP contribution in [0.15, 0.2) is 0 Å². The van der Waals surface area contributed by atoms with Gasteiger partial charge in [0.25, 0.3) is 0 Å². The lowest BCUT2D eigenvalue weighted by Gasteiger charge is -2.23. The average Bonchev–Trinajstić information content (AvgIpc) is 2.19. The van der Waals surface area contributed by atoms with Gasteiger partial charge in [0.05, 0.1) is 0 Å². The van der Waals surface area contributed by atoms with Crippen LogP contribution in [0, 0.1) is 0 Å². The van der Waals surface area contributed by atoms with E-state index in [1.165, 1.54) is 0 Å². The van der Waals surface area contributed by atoms with Crippen LogP contribution in [-0.4, -0.2) is 17.3 Å². The van der Waals surface area contributed by atoms with Crippen molar-refractivity contribution in [1.82, 2.24) is 0 Å². The Bertz CT molecular complexity index is 171. The zero-order valence-corrected chi connectivity index (χ0v) is 5.84. The minimum atomic E-state index is -3.74. The normalized spacial score (nSPS) is 53.5. The molecular formula is C7H8F4. The van der Waals surface area contributed by atoms with Gasteiger partial charge in [-0.25, -0.2) is 8.78 Å².